The zero-order chi connectivity index (χ0) is 13.9. The van der Waals surface area contributed by atoms with Crippen LogP contribution in [0.2, 0.25) is 0 Å². The maximum absolute atomic E-state index is 5.78. The maximum Gasteiger partial charge on any atom is 0.222 e. The molecule has 106 valence electrons. The van der Waals surface area contributed by atoms with Gasteiger partial charge in [0, 0.05) is 18.0 Å². The molecule has 5 heteroatoms. The van der Waals surface area contributed by atoms with E-state index in [2.05, 4.69) is 27.1 Å². The van der Waals surface area contributed by atoms with Crippen LogP contribution < -0.4 is 11.1 Å². The smallest absolute Gasteiger partial charge is 0.222 e. The molecule has 1 fully saturated rings. The Kier molecular flexibility index (Phi) is 3.69. The lowest BCUT2D eigenvalue weighted by Crippen LogP contribution is -2.35. The molecule has 1 aliphatic rings. The van der Waals surface area contributed by atoms with E-state index in [9.17, 15) is 0 Å². The number of nitrogens with zero attached hydrogens (tertiary/aromatic N) is 3. The Labute approximate surface area is 119 Å². The number of hydrogen-bond donors (Lipinski definition) is 2. The van der Waals surface area contributed by atoms with Gasteiger partial charge in [-0.3, -0.25) is 4.90 Å². The molecule has 0 saturated carbocycles. The summed E-state index contributed by atoms with van der Waals surface area (Å²) in [6.07, 6.45) is 2.63. The molecule has 20 heavy (non-hydrogen) atoms. The van der Waals surface area contributed by atoms with E-state index in [0.717, 1.165) is 23.3 Å². The predicted octanol–water partition coefficient (Wildman–Crippen LogP) is 2.11. The summed E-state index contributed by atoms with van der Waals surface area (Å²) in [7, 11) is 0. The van der Waals surface area contributed by atoms with Gasteiger partial charge in [-0.05, 0) is 45.0 Å². The van der Waals surface area contributed by atoms with Crippen LogP contribution in [0.25, 0.3) is 10.9 Å². The number of likely N-dealkylation sites (tertiary alicyclic amines) is 1. The van der Waals surface area contributed by atoms with E-state index in [-0.39, 0.29) is 0 Å². The molecular formula is C15H21N5. The SMILES string of the molecule is CC(CNc1nc(N)nc2ccccc12)N1CCCC1. The van der Waals surface area contributed by atoms with Crippen molar-refractivity contribution >= 4 is 22.7 Å². The number of benzene rings is 1. The number of hydrogen-bond acceptors (Lipinski definition) is 5. The first-order valence-corrected chi connectivity index (χ1v) is 7.24. The van der Waals surface area contributed by atoms with Crippen LogP contribution >= 0.6 is 0 Å². The molecule has 1 atom stereocenters. The Bertz CT molecular complexity index is 592. The highest BCUT2D eigenvalue weighted by Gasteiger charge is 2.18. The van der Waals surface area contributed by atoms with Crippen molar-refractivity contribution in [2.24, 2.45) is 0 Å². The normalized spacial score (nSPS) is 17.4. The minimum absolute atomic E-state index is 0.319. The van der Waals surface area contributed by atoms with E-state index in [1.54, 1.807) is 0 Å². The van der Waals surface area contributed by atoms with Gasteiger partial charge < -0.3 is 11.1 Å². The van der Waals surface area contributed by atoms with E-state index in [1.165, 1.54) is 25.9 Å². The average molecular weight is 271 g/mol. The van der Waals surface area contributed by atoms with Crippen LogP contribution in [0.15, 0.2) is 24.3 Å². The molecule has 5 nitrogen and oxygen atoms in total. The molecule has 0 spiro atoms. The van der Waals surface area contributed by atoms with E-state index >= 15 is 0 Å². The van der Waals surface area contributed by atoms with Crippen LogP contribution in [-0.2, 0) is 0 Å². The van der Waals surface area contributed by atoms with Gasteiger partial charge in [-0.1, -0.05) is 12.1 Å². The topological polar surface area (TPSA) is 67.1 Å². The Morgan fingerprint density at radius 2 is 2.00 bits per heavy atom. The van der Waals surface area contributed by atoms with Crippen LogP contribution in [0.1, 0.15) is 19.8 Å². The van der Waals surface area contributed by atoms with Crippen molar-refractivity contribution in [1.29, 1.82) is 0 Å². The van der Waals surface area contributed by atoms with Crippen molar-refractivity contribution < 1.29 is 0 Å². The van der Waals surface area contributed by atoms with Gasteiger partial charge in [0.05, 0.1) is 5.52 Å². The second-order valence-electron chi connectivity index (χ2n) is 5.42. The van der Waals surface area contributed by atoms with Crippen LogP contribution in [0.3, 0.4) is 0 Å². The summed E-state index contributed by atoms with van der Waals surface area (Å²) < 4.78 is 0. The highest BCUT2D eigenvalue weighted by Crippen LogP contribution is 2.21. The predicted molar refractivity (Wildman–Crippen MR) is 82.7 cm³/mol. The van der Waals surface area contributed by atoms with Gasteiger partial charge in [-0.15, -0.1) is 0 Å². The van der Waals surface area contributed by atoms with Crippen molar-refractivity contribution in [2.45, 2.75) is 25.8 Å². The molecule has 0 amide bonds. The third kappa shape index (κ3) is 2.67. The molecule has 2 aromatic rings. The number of nitrogen functional groups attached to an aromatic ring is 1. The first-order chi connectivity index (χ1) is 9.74. The Hall–Kier alpha value is -1.88. The number of para-hydroxylation sites is 1. The van der Waals surface area contributed by atoms with Crippen molar-refractivity contribution in [2.75, 3.05) is 30.7 Å². The minimum atomic E-state index is 0.319. The molecule has 0 bridgehead atoms. The summed E-state index contributed by atoms with van der Waals surface area (Å²) in [6, 6.07) is 8.45. The van der Waals surface area contributed by atoms with E-state index < -0.39 is 0 Å². The number of anilines is 2. The molecule has 1 aliphatic heterocycles. The molecule has 0 aliphatic carbocycles. The molecule has 3 N–H and O–H groups in total. The minimum Gasteiger partial charge on any atom is -0.368 e. The van der Waals surface area contributed by atoms with Gasteiger partial charge >= 0.3 is 0 Å². The quantitative estimate of drug-likeness (QED) is 0.891. The van der Waals surface area contributed by atoms with E-state index in [4.69, 9.17) is 5.73 Å². The van der Waals surface area contributed by atoms with Gasteiger partial charge in [0.1, 0.15) is 5.82 Å². The highest BCUT2D eigenvalue weighted by atomic mass is 15.2. The fourth-order valence-corrected chi connectivity index (χ4v) is 2.79. The fraction of sp³-hybridized carbons (Fsp3) is 0.467. The largest absolute Gasteiger partial charge is 0.368 e. The summed E-state index contributed by atoms with van der Waals surface area (Å²) in [5.41, 5.74) is 6.67. The number of nitrogens with one attached hydrogen (secondary N) is 1. The van der Waals surface area contributed by atoms with Crippen molar-refractivity contribution in [1.82, 2.24) is 14.9 Å². The molecule has 1 aromatic carbocycles. The lowest BCUT2D eigenvalue weighted by atomic mass is 10.2. The Balaban J connectivity index is 1.76. The molecule has 1 saturated heterocycles. The summed E-state index contributed by atoms with van der Waals surface area (Å²) in [5, 5.41) is 4.46. The standard InChI is InChI=1S/C15H21N5/c1-11(20-8-4-5-9-20)10-17-14-12-6-2-3-7-13(12)18-15(16)19-14/h2-3,6-7,11H,4-5,8-10H2,1H3,(H3,16,17,18,19). The van der Waals surface area contributed by atoms with E-state index in [1.807, 2.05) is 24.3 Å². The lowest BCUT2D eigenvalue weighted by Gasteiger charge is -2.24. The summed E-state index contributed by atoms with van der Waals surface area (Å²) in [6.45, 7) is 5.54. The van der Waals surface area contributed by atoms with Crippen molar-refractivity contribution in [3.63, 3.8) is 0 Å². The molecule has 2 heterocycles. The average Bonchev–Trinajstić information content (AvgIpc) is 2.98. The van der Waals surface area contributed by atoms with Crippen LogP contribution in [0.4, 0.5) is 11.8 Å². The third-order valence-electron chi connectivity index (χ3n) is 3.95. The Morgan fingerprint density at radius 1 is 1.25 bits per heavy atom. The van der Waals surface area contributed by atoms with Gasteiger partial charge in [0.25, 0.3) is 0 Å². The first-order valence-electron chi connectivity index (χ1n) is 7.24. The molecule has 0 radical (unpaired) electrons. The van der Waals surface area contributed by atoms with Gasteiger partial charge in [-0.2, -0.15) is 4.98 Å². The fourth-order valence-electron chi connectivity index (χ4n) is 2.79. The van der Waals surface area contributed by atoms with E-state index in [0.29, 0.717) is 12.0 Å². The van der Waals surface area contributed by atoms with Crippen molar-refractivity contribution in [3.8, 4) is 0 Å². The Morgan fingerprint density at radius 3 is 2.80 bits per heavy atom. The second-order valence-corrected chi connectivity index (χ2v) is 5.42. The molecular weight excluding hydrogens is 250 g/mol. The number of fused-ring (bicyclic) bond motifs is 1. The molecule has 1 unspecified atom stereocenters. The number of aromatic nitrogens is 2. The van der Waals surface area contributed by atoms with Crippen LogP contribution in [0.5, 0.6) is 0 Å². The van der Waals surface area contributed by atoms with Gasteiger partial charge in [0.15, 0.2) is 0 Å². The summed E-state index contributed by atoms with van der Waals surface area (Å²) >= 11 is 0. The monoisotopic (exact) mass is 271 g/mol. The zero-order valence-electron chi connectivity index (χ0n) is 11.8. The summed E-state index contributed by atoms with van der Waals surface area (Å²) in [5.74, 6) is 1.15. The molecule has 3 rings (SSSR count). The van der Waals surface area contributed by atoms with Crippen LogP contribution in [0, 0.1) is 0 Å². The van der Waals surface area contributed by atoms with Crippen molar-refractivity contribution in [3.05, 3.63) is 24.3 Å². The highest BCUT2D eigenvalue weighted by molar-refractivity contribution is 5.89. The lowest BCUT2D eigenvalue weighted by molar-refractivity contribution is 0.269. The second kappa shape index (κ2) is 5.63. The summed E-state index contributed by atoms with van der Waals surface area (Å²) in [4.78, 5) is 11.1. The molecule has 1 aromatic heterocycles. The number of rotatable bonds is 4. The third-order valence-corrected chi connectivity index (χ3v) is 3.95. The van der Waals surface area contributed by atoms with Crippen LogP contribution in [-0.4, -0.2) is 40.5 Å². The first kappa shape index (κ1) is 13.1. The maximum atomic E-state index is 5.78. The zero-order valence-corrected chi connectivity index (χ0v) is 11.8. The number of nitrogens with two attached hydrogens (primary N) is 1. The van der Waals surface area contributed by atoms with Gasteiger partial charge in [0.2, 0.25) is 5.95 Å². The van der Waals surface area contributed by atoms with Gasteiger partial charge in [-0.25, -0.2) is 4.98 Å².